The largest absolute Gasteiger partial charge is 0.377 e. The van der Waals surface area contributed by atoms with Crippen LogP contribution in [0.3, 0.4) is 0 Å². The van der Waals surface area contributed by atoms with Crippen LogP contribution in [0.2, 0.25) is 0 Å². The van der Waals surface area contributed by atoms with Crippen molar-refractivity contribution >= 4 is 0 Å². The first-order valence-electron chi connectivity index (χ1n) is 8.73. The summed E-state index contributed by atoms with van der Waals surface area (Å²) in [5.41, 5.74) is 6.37. The molecule has 2 N–H and O–H groups in total. The summed E-state index contributed by atoms with van der Waals surface area (Å²) in [7, 11) is 0. The highest BCUT2D eigenvalue weighted by Gasteiger charge is 2.23. The minimum Gasteiger partial charge on any atom is -0.377 e. The third-order valence-corrected chi connectivity index (χ3v) is 4.81. The van der Waals surface area contributed by atoms with Gasteiger partial charge in [0.15, 0.2) is 0 Å². The lowest BCUT2D eigenvalue weighted by atomic mass is 9.96. The molecule has 0 amide bonds. The Labute approximate surface area is 119 Å². The number of ether oxygens (including phenoxy) is 1. The molecule has 2 saturated carbocycles. The van der Waals surface area contributed by atoms with E-state index in [-0.39, 0.29) is 6.04 Å². The Morgan fingerprint density at radius 1 is 0.737 bits per heavy atom. The van der Waals surface area contributed by atoms with Crippen molar-refractivity contribution in [3.8, 4) is 0 Å². The third kappa shape index (κ3) is 6.76. The maximum Gasteiger partial charge on any atom is 0.0725 e. The lowest BCUT2D eigenvalue weighted by Gasteiger charge is -2.25. The molecule has 2 unspecified atom stereocenters. The first-order chi connectivity index (χ1) is 9.36. The maximum absolute atomic E-state index is 6.37. The van der Waals surface area contributed by atoms with Crippen molar-refractivity contribution in [2.75, 3.05) is 6.61 Å². The van der Waals surface area contributed by atoms with Gasteiger partial charge in [-0.2, -0.15) is 0 Å². The van der Waals surface area contributed by atoms with Crippen LogP contribution < -0.4 is 5.73 Å². The first-order valence-corrected chi connectivity index (χ1v) is 8.73. The van der Waals surface area contributed by atoms with E-state index in [0.29, 0.717) is 6.10 Å². The van der Waals surface area contributed by atoms with Crippen molar-refractivity contribution < 1.29 is 4.74 Å². The van der Waals surface area contributed by atoms with Gasteiger partial charge < -0.3 is 10.5 Å². The molecule has 0 heterocycles. The van der Waals surface area contributed by atoms with Gasteiger partial charge in [0.1, 0.15) is 0 Å². The van der Waals surface area contributed by atoms with Crippen molar-refractivity contribution in [1.29, 1.82) is 0 Å². The highest BCUT2D eigenvalue weighted by Crippen LogP contribution is 2.32. The topological polar surface area (TPSA) is 35.2 Å². The van der Waals surface area contributed by atoms with E-state index in [1.807, 2.05) is 0 Å². The second kappa shape index (κ2) is 8.97. The molecule has 0 radical (unpaired) electrons. The Balaban J connectivity index is 1.69. The zero-order chi connectivity index (χ0) is 13.3. The summed E-state index contributed by atoms with van der Waals surface area (Å²) < 4.78 is 6.13. The highest BCUT2D eigenvalue weighted by molar-refractivity contribution is 4.76. The van der Waals surface area contributed by atoms with Crippen LogP contribution in [0.1, 0.15) is 83.5 Å². The van der Waals surface area contributed by atoms with Crippen LogP contribution in [0.5, 0.6) is 0 Å². The van der Waals surface area contributed by atoms with Gasteiger partial charge in [0.05, 0.1) is 6.10 Å². The Hall–Kier alpha value is -0.0800. The van der Waals surface area contributed by atoms with Crippen LogP contribution in [0.15, 0.2) is 0 Å². The summed E-state index contributed by atoms with van der Waals surface area (Å²) in [5, 5.41) is 0. The van der Waals surface area contributed by atoms with E-state index in [1.54, 1.807) is 0 Å². The summed E-state index contributed by atoms with van der Waals surface area (Å²) in [6, 6.07) is 0.277. The molecule has 0 aromatic carbocycles. The molecule has 2 aliphatic rings. The smallest absolute Gasteiger partial charge is 0.0725 e. The fourth-order valence-corrected chi connectivity index (χ4v) is 3.19. The van der Waals surface area contributed by atoms with Crippen molar-refractivity contribution in [2.24, 2.45) is 11.7 Å². The average molecular weight is 267 g/mol. The third-order valence-electron chi connectivity index (χ3n) is 4.81. The van der Waals surface area contributed by atoms with Crippen LogP contribution in [-0.4, -0.2) is 18.8 Å². The predicted molar refractivity (Wildman–Crippen MR) is 81.2 cm³/mol. The SMILES string of the molecule is NC1CCCCCCCCCCC1OCCC1CC1. The molecule has 0 aromatic heterocycles. The van der Waals surface area contributed by atoms with E-state index in [0.717, 1.165) is 18.9 Å². The highest BCUT2D eigenvalue weighted by atomic mass is 16.5. The molecule has 2 heteroatoms. The monoisotopic (exact) mass is 267 g/mol. The maximum atomic E-state index is 6.37. The van der Waals surface area contributed by atoms with Crippen molar-refractivity contribution in [1.82, 2.24) is 0 Å². The standard InChI is InChI=1S/C17H33NO/c18-16-9-7-5-3-1-2-4-6-8-10-17(16)19-14-13-15-11-12-15/h15-17H,1-14,18H2. The molecule has 2 atom stereocenters. The minimum atomic E-state index is 0.277. The molecule has 0 aliphatic heterocycles. The quantitative estimate of drug-likeness (QED) is 0.818. The van der Waals surface area contributed by atoms with Gasteiger partial charge in [-0.05, 0) is 25.2 Å². The molecule has 2 rings (SSSR count). The zero-order valence-corrected chi connectivity index (χ0v) is 12.6. The van der Waals surface area contributed by atoms with Crippen LogP contribution >= 0.6 is 0 Å². The van der Waals surface area contributed by atoms with Crippen LogP contribution in [0.25, 0.3) is 0 Å². The Morgan fingerprint density at radius 2 is 1.32 bits per heavy atom. The van der Waals surface area contributed by atoms with Crippen molar-refractivity contribution in [3.05, 3.63) is 0 Å². The Kier molecular flexibility index (Phi) is 7.23. The molecule has 0 bridgehead atoms. The number of hydrogen-bond donors (Lipinski definition) is 1. The normalized spacial score (nSPS) is 31.4. The zero-order valence-electron chi connectivity index (χ0n) is 12.6. The molecule has 19 heavy (non-hydrogen) atoms. The van der Waals surface area contributed by atoms with E-state index in [4.69, 9.17) is 10.5 Å². The van der Waals surface area contributed by atoms with E-state index in [9.17, 15) is 0 Å². The summed E-state index contributed by atoms with van der Waals surface area (Å²) in [6.45, 7) is 0.947. The lowest BCUT2D eigenvalue weighted by Crippen LogP contribution is -2.37. The van der Waals surface area contributed by atoms with Gasteiger partial charge in [-0.15, -0.1) is 0 Å². The average Bonchev–Trinajstić information content (AvgIpc) is 3.21. The number of rotatable bonds is 4. The number of hydrogen-bond acceptors (Lipinski definition) is 2. The first kappa shape index (κ1) is 15.3. The second-order valence-electron chi connectivity index (χ2n) is 6.71. The second-order valence-corrected chi connectivity index (χ2v) is 6.71. The van der Waals surface area contributed by atoms with Gasteiger partial charge >= 0.3 is 0 Å². The fourth-order valence-electron chi connectivity index (χ4n) is 3.19. The lowest BCUT2D eigenvalue weighted by molar-refractivity contribution is 0.0223. The van der Waals surface area contributed by atoms with E-state index < -0.39 is 0 Å². The molecular formula is C17H33NO. The molecule has 112 valence electrons. The summed E-state index contributed by atoms with van der Waals surface area (Å²) >= 11 is 0. The van der Waals surface area contributed by atoms with Crippen LogP contribution in [0, 0.1) is 5.92 Å². The van der Waals surface area contributed by atoms with E-state index in [2.05, 4.69) is 0 Å². The van der Waals surface area contributed by atoms with Crippen molar-refractivity contribution in [3.63, 3.8) is 0 Å². The molecule has 0 spiro atoms. The van der Waals surface area contributed by atoms with E-state index >= 15 is 0 Å². The molecule has 2 aliphatic carbocycles. The molecule has 2 nitrogen and oxygen atoms in total. The van der Waals surface area contributed by atoms with Gasteiger partial charge in [-0.1, -0.05) is 64.2 Å². The molecule has 2 fully saturated rings. The van der Waals surface area contributed by atoms with Crippen LogP contribution in [0.4, 0.5) is 0 Å². The van der Waals surface area contributed by atoms with Gasteiger partial charge in [-0.25, -0.2) is 0 Å². The Bertz CT molecular complexity index is 227. The van der Waals surface area contributed by atoms with Gasteiger partial charge in [0, 0.05) is 12.6 Å². The Morgan fingerprint density at radius 3 is 1.95 bits per heavy atom. The van der Waals surface area contributed by atoms with Crippen molar-refractivity contribution in [2.45, 2.75) is 95.6 Å². The van der Waals surface area contributed by atoms with Gasteiger partial charge in [0.25, 0.3) is 0 Å². The molecular weight excluding hydrogens is 234 g/mol. The summed E-state index contributed by atoms with van der Waals surface area (Å²) in [5.74, 6) is 0.975. The fraction of sp³-hybridized carbons (Fsp3) is 1.00. The number of nitrogens with two attached hydrogens (primary N) is 1. The molecule has 0 saturated heterocycles. The summed E-state index contributed by atoms with van der Waals surface area (Å²) in [6.07, 6.45) is 17.8. The summed E-state index contributed by atoms with van der Waals surface area (Å²) in [4.78, 5) is 0. The predicted octanol–water partition coefficient (Wildman–Crippen LogP) is 4.41. The van der Waals surface area contributed by atoms with E-state index in [1.165, 1.54) is 77.0 Å². The minimum absolute atomic E-state index is 0.277. The molecule has 0 aromatic rings. The van der Waals surface area contributed by atoms with Crippen LogP contribution in [-0.2, 0) is 4.74 Å². The van der Waals surface area contributed by atoms with Gasteiger partial charge in [0.2, 0.25) is 0 Å². The van der Waals surface area contributed by atoms with Gasteiger partial charge in [-0.3, -0.25) is 0 Å².